The first kappa shape index (κ1) is 9.85. The van der Waals surface area contributed by atoms with Gasteiger partial charge in [0.25, 0.3) is 0 Å². The summed E-state index contributed by atoms with van der Waals surface area (Å²) in [6.45, 7) is 9.77. The summed E-state index contributed by atoms with van der Waals surface area (Å²) in [5, 5.41) is 9.73. The second-order valence-electron chi connectivity index (χ2n) is 3.72. The first-order valence-electron chi connectivity index (χ1n) is 4.44. The molecule has 1 rings (SSSR count). The highest BCUT2D eigenvalue weighted by Crippen LogP contribution is 2.25. The molecule has 1 N–H and O–H groups in total. The number of phenols is 1. The van der Waals surface area contributed by atoms with Gasteiger partial charge in [0.2, 0.25) is 0 Å². The van der Waals surface area contributed by atoms with Crippen molar-refractivity contribution in [3.8, 4) is 5.75 Å². The molecule has 0 saturated carbocycles. The minimum atomic E-state index is 0.411. The van der Waals surface area contributed by atoms with Crippen molar-refractivity contribution < 1.29 is 5.11 Å². The van der Waals surface area contributed by atoms with E-state index in [0.717, 1.165) is 23.1 Å². The van der Waals surface area contributed by atoms with Crippen LogP contribution in [0.25, 0.3) is 0 Å². The van der Waals surface area contributed by atoms with E-state index in [0.29, 0.717) is 5.75 Å². The van der Waals surface area contributed by atoms with E-state index in [2.05, 4.69) is 6.58 Å². The first-order chi connectivity index (χ1) is 6.00. The Balaban J connectivity index is 3.12. The lowest BCUT2D eigenvalue weighted by atomic mass is 10.0. The zero-order valence-corrected chi connectivity index (χ0v) is 8.52. The Bertz CT molecular complexity index is 337. The quantitative estimate of drug-likeness (QED) is 0.686. The molecular weight excluding hydrogens is 160 g/mol. The van der Waals surface area contributed by atoms with Gasteiger partial charge in [-0.1, -0.05) is 29.8 Å². The van der Waals surface area contributed by atoms with Gasteiger partial charge in [-0.15, -0.1) is 0 Å². The summed E-state index contributed by atoms with van der Waals surface area (Å²) in [6.07, 6.45) is 0.758. The van der Waals surface area contributed by atoms with Crippen molar-refractivity contribution in [1.29, 1.82) is 0 Å². The van der Waals surface area contributed by atoms with E-state index >= 15 is 0 Å². The normalized spacial score (nSPS) is 10.1. The SMILES string of the molecule is C=C(C)Cc1cc(C)cc(C)c1O. The second kappa shape index (κ2) is 3.65. The van der Waals surface area contributed by atoms with Crippen LogP contribution in [0.5, 0.6) is 5.75 Å². The van der Waals surface area contributed by atoms with Gasteiger partial charge >= 0.3 is 0 Å². The summed E-state index contributed by atoms with van der Waals surface area (Å²) in [4.78, 5) is 0. The lowest BCUT2D eigenvalue weighted by molar-refractivity contribution is 0.465. The summed E-state index contributed by atoms with van der Waals surface area (Å²) in [7, 11) is 0. The van der Waals surface area contributed by atoms with Crippen LogP contribution in [-0.4, -0.2) is 5.11 Å². The maximum Gasteiger partial charge on any atom is 0.122 e. The van der Waals surface area contributed by atoms with E-state index in [1.165, 1.54) is 5.56 Å². The highest BCUT2D eigenvalue weighted by molar-refractivity contribution is 5.44. The average molecular weight is 176 g/mol. The van der Waals surface area contributed by atoms with Crippen molar-refractivity contribution in [3.63, 3.8) is 0 Å². The lowest BCUT2D eigenvalue weighted by Gasteiger charge is -2.08. The maximum atomic E-state index is 9.73. The molecule has 0 unspecified atom stereocenters. The summed E-state index contributed by atoms with van der Waals surface area (Å²) in [6, 6.07) is 3.99. The number of hydrogen-bond acceptors (Lipinski definition) is 1. The van der Waals surface area contributed by atoms with Gasteiger partial charge in [-0.3, -0.25) is 0 Å². The number of hydrogen-bond donors (Lipinski definition) is 1. The van der Waals surface area contributed by atoms with Crippen molar-refractivity contribution in [2.45, 2.75) is 27.2 Å². The Morgan fingerprint density at radius 1 is 1.38 bits per heavy atom. The van der Waals surface area contributed by atoms with Crippen LogP contribution in [0.15, 0.2) is 24.3 Å². The average Bonchev–Trinajstić information content (AvgIpc) is 1.98. The van der Waals surface area contributed by atoms with Crippen LogP contribution in [0.3, 0.4) is 0 Å². The van der Waals surface area contributed by atoms with Gasteiger partial charge in [-0.05, 0) is 38.3 Å². The van der Waals surface area contributed by atoms with Gasteiger partial charge in [0.05, 0.1) is 0 Å². The van der Waals surface area contributed by atoms with Gasteiger partial charge in [0, 0.05) is 0 Å². The highest BCUT2D eigenvalue weighted by Gasteiger charge is 2.04. The summed E-state index contributed by atoms with van der Waals surface area (Å²) in [5.41, 5.74) is 4.17. The minimum absolute atomic E-state index is 0.411. The van der Waals surface area contributed by atoms with E-state index in [-0.39, 0.29) is 0 Å². The van der Waals surface area contributed by atoms with Gasteiger partial charge in [0.1, 0.15) is 5.75 Å². The molecule has 0 radical (unpaired) electrons. The molecule has 0 aromatic heterocycles. The Morgan fingerprint density at radius 3 is 2.54 bits per heavy atom. The number of allylic oxidation sites excluding steroid dienone is 1. The summed E-state index contributed by atoms with van der Waals surface area (Å²) in [5.74, 6) is 0.411. The van der Waals surface area contributed by atoms with Crippen molar-refractivity contribution in [2.24, 2.45) is 0 Å². The number of phenolic OH excluding ortho intramolecular Hbond substituents is 1. The topological polar surface area (TPSA) is 20.2 Å². The van der Waals surface area contributed by atoms with Crippen LogP contribution >= 0.6 is 0 Å². The molecule has 1 aromatic rings. The minimum Gasteiger partial charge on any atom is -0.507 e. The van der Waals surface area contributed by atoms with Crippen LogP contribution in [0.2, 0.25) is 0 Å². The molecule has 0 spiro atoms. The largest absolute Gasteiger partial charge is 0.507 e. The van der Waals surface area contributed by atoms with Crippen LogP contribution in [0.1, 0.15) is 23.6 Å². The van der Waals surface area contributed by atoms with Crippen molar-refractivity contribution in [3.05, 3.63) is 41.0 Å². The third-order valence-electron chi connectivity index (χ3n) is 2.02. The second-order valence-corrected chi connectivity index (χ2v) is 3.72. The first-order valence-corrected chi connectivity index (χ1v) is 4.44. The lowest BCUT2D eigenvalue weighted by Crippen LogP contribution is -1.90. The van der Waals surface area contributed by atoms with E-state index in [9.17, 15) is 5.11 Å². The number of rotatable bonds is 2. The van der Waals surface area contributed by atoms with Gasteiger partial charge in [-0.25, -0.2) is 0 Å². The fourth-order valence-corrected chi connectivity index (χ4v) is 1.51. The molecule has 70 valence electrons. The monoisotopic (exact) mass is 176 g/mol. The third kappa shape index (κ3) is 2.35. The molecule has 1 nitrogen and oxygen atoms in total. The van der Waals surface area contributed by atoms with Crippen LogP contribution in [0, 0.1) is 13.8 Å². The van der Waals surface area contributed by atoms with Crippen molar-refractivity contribution in [1.82, 2.24) is 0 Å². The Kier molecular flexibility index (Phi) is 2.76. The Labute approximate surface area is 79.7 Å². The molecule has 1 aromatic carbocycles. The van der Waals surface area contributed by atoms with E-state index < -0.39 is 0 Å². The Morgan fingerprint density at radius 2 is 2.00 bits per heavy atom. The molecule has 0 heterocycles. The molecule has 0 bridgehead atoms. The molecule has 0 aliphatic heterocycles. The Hall–Kier alpha value is -1.24. The van der Waals surface area contributed by atoms with Crippen LogP contribution in [-0.2, 0) is 6.42 Å². The molecule has 0 fully saturated rings. The standard InChI is InChI=1S/C12H16O/c1-8(2)5-11-7-9(3)6-10(4)12(11)13/h6-7,13H,1,5H2,2-4H3. The molecule has 0 saturated heterocycles. The van der Waals surface area contributed by atoms with E-state index in [1.54, 1.807) is 0 Å². The number of aromatic hydroxyl groups is 1. The van der Waals surface area contributed by atoms with Gasteiger partial charge in [0.15, 0.2) is 0 Å². The van der Waals surface area contributed by atoms with Gasteiger partial charge < -0.3 is 5.11 Å². The fraction of sp³-hybridized carbons (Fsp3) is 0.333. The molecular formula is C12H16O. The summed E-state index contributed by atoms with van der Waals surface area (Å²) < 4.78 is 0. The van der Waals surface area contributed by atoms with Crippen molar-refractivity contribution in [2.75, 3.05) is 0 Å². The predicted octanol–water partition coefficient (Wildman–Crippen LogP) is 3.13. The predicted molar refractivity (Wildman–Crippen MR) is 56.1 cm³/mol. The molecule has 0 atom stereocenters. The molecule has 0 amide bonds. The summed E-state index contributed by atoms with van der Waals surface area (Å²) >= 11 is 0. The maximum absolute atomic E-state index is 9.73. The zero-order valence-electron chi connectivity index (χ0n) is 8.52. The van der Waals surface area contributed by atoms with E-state index in [1.807, 2.05) is 32.9 Å². The van der Waals surface area contributed by atoms with Crippen LogP contribution < -0.4 is 0 Å². The smallest absolute Gasteiger partial charge is 0.122 e. The molecule has 0 aliphatic rings. The molecule has 1 heteroatoms. The fourth-order valence-electron chi connectivity index (χ4n) is 1.51. The molecule has 13 heavy (non-hydrogen) atoms. The number of benzene rings is 1. The van der Waals surface area contributed by atoms with Crippen molar-refractivity contribution >= 4 is 0 Å². The highest BCUT2D eigenvalue weighted by atomic mass is 16.3. The zero-order chi connectivity index (χ0) is 10.0. The third-order valence-corrected chi connectivity index (χ3v) is 2.02. The number of aryl methyl sites for hydroxylation is 2. The van der Waals surface area contributed by atoms with E-state index in [4.69, 9.17) is 0 Å². The van der Waals surface area contributed by atoms with Crippen LogP contribution in [0.4, 0.5) is 0 Å². The molecule has 0 aliphatic carbocycles. The van der Waals surface area contributed by atoms with Gasteiger partial charge in [-0.2, -0.15) is 0 Å².